The van der Waals surface area contributed by atoms with Gasteiger partial charge in [-0.3, -0.25) is 5.10 Å². The molecule has 0 spiro atoms. The van der Waals surface area contributed by atoms with E-state index < -0.39 is 0 Å². The Balaban J connectivity index is 0.000000106. The average Bonchev–Trinajstić information content (AvgIpc) is 1.67. The predicted molar refractivity (Wildman–Crippen MR) is 454 cm³/mol. The Kier molecular flexibility index (Phi) is 19.6. The molecule has 1 aliphatic heterocycles. The summed E-state index contributed by atoms with van der Waals surface area (Å²) in [6, 6.07) is 36.5. The van der Waals surface area contributed by atoms with Gasteiger partial charge in [0.25, 0.3) is 0 Å². The van der Waals surface area contributed by atoms with E-state index in [2.05, 4.69) is 175 Å². The number of nitrogen functional groups attached to an aromatic ring is 7. The summed E-state index contributed by atoms with van der Waals surface area (Å²) < 4.78 is 15.7. The fourth-order valence-corrected chi connectivity index (χ4v) is 14.1. The average molecular weight is 1580 g/mol. The Labute approximate surface area is 669 Å². The number of H-pyrrole nitrogens is 2. The summed E-state index contributed by atoms with van der Waals surface area (Å²) in [7, 11) is 11.0. The van der Waals surface area contributed by atoms with E-state index in [0.717, 1.165) is 147 Å². The van der Waals surface area contributed by atoms with Crippen LogP contribution < -0.4 is 44.9 Å². The van der Waals surface area contributed by atoms with Crippen LogP contribution in [-0.2, 0) is 48.7 Å². The highest BCUT2D eigenvalue weighted by molar-refractivity contribution is 6.04. The first-order valence-corrected chi connectivity index (χ1v) is 36.7. The normalized spacial score (nSPS) is 11.6. The number of aromatic hydroxyl groups is 2. The molecule has 0 aliphatic carbocycles. The number of nitrogens with two attached hydrogens (primary N) is 7. The first kappa shape index (κ1) is 75.7. The molecule has 590 valence electrons. The van der Waals surface area contributed by atoms with Crippen molar-refractivity contribution in [1.29, 1.82) is 0 Å². The van der Waals surface area contributed by atoms with Crippen LogP contribution in [0.1, 0.15) is 27.9 Å². The van der Waals surface area contributed by atoms with E-state index in [1.807, 2.05) is 96.9 Å². The highest BCUT2D eigenvalue weighted by Gasteiger charge is 2.24. The lowest BCUT2D eigenvalue weighted by molar-refractivity contribution is 0.357. The second-order valence-corrected chi connectivity index (χ2v) is 27.9. The molecule has 0 bridgehead atoms. The molecule has 20 aromatic rings. The van der Waals surface area contributed by atoms with Crippen LogP contribution in [0.15, 0.2) is 159 Å². The zero-order valence-corrected chi connectivity index (χ0v) is 65.4. The topological polar surface area (TPSA) is 538 Å². The van der Waals surface area contributed by atoms with Gasteiger partial charge < -0.3 is 60.1 Å². The van der Waals surface area contributed by atoms with Gasteiger partial charge in [0.15, 0.2) is 45.4 Å². The van der Waals surface area contributed by atoms with Gasteiger partial charge in [0.2, 0.25) is 0 Å². The van der Waals surface area contributed by atoms with Gasteiger partial charge in [-0.1, -0.05) is 42.5 Å². The highest BCUT2D eigenvalue weighted by Crippen LogP contribution is 2.40. The van der Waals surface area contributed by atoms with Crippen LogP contribution in [-0.4, -0.2) is 150 Å². The first-order valence-electron chi connectivity index (χ1n) is 36.7. The molecular formula is C81H78N34O3. The van der Waals surface area contributed by atoms with Gasteiger partial charge in [-0.15, -0.1) is 0 Å². The third kappa shape index (κ3) is 14.1. The minimum Gasteiger partial charge on any atom is -0.504 e. The number of phenols is 2. The molecule has 18 N–H and O–H groups in total. The lowest BCUT2D eigenvalue weighted by Crippen LogP contribution is -1.95. The number of nitrogens with zero attached hydrogens (tertiary/aromatic N) is 25. The van der Waals surface area contributed by atoms with Gasteiger partial charge >= 0.3 is 0 Å². The van der Waals surface area contributed by atoms with Crippen molar-refractivity contribution in [2.45, 2.75) is 34.1 Å². The number of hydrogen-bond donors (Lipinski definition) is 11. The van der Waals surface area contributed by atoms with E-state index >= 15 is 0 Å². The van der Waals surface area contributed by atoms with Crippen LogP contribution in [0.5, 0.6) is 17.2 Å². The maximum absolute atomic E-state index is 9.56. The molecule has 15 heterocycles. The minimum absolute atomic E-state index is 0.187. The fraction of sp³-hybridized carbons (Fsp3) is 0.148. The molecule has 21 rings (SSSR count). The monoisotopic (exact) mass is 1570 g/mol. The van der Waals surface area contributed by atoms with Crippen molar-refractivity contribution in [3.05, 3.63) is 187 Å². The van der Waals surface area contributed by atoms with E-state index in [9.17, 15) is 10.2 Å². The van der Waals surface area contributed by atoms with Gasteiger partial charge in [-0.05, 0) is 123 Å². The number of rotatable bonds is 6. The number of anilines is 7. The summed E-state index contributed by atoms with van der Waals surface area (Å²) in [6.07, 6.45) is 11.6. The van der Waals surface area contributed by atoms with Crippen LogP contribution in [0.3, 0.4) is 0 Å². The number of aromatic amines is 2. The van der Waals surface area contributed by atoms with Crippen molar-refractivity contribution < 1.29 is 14.9 Å². The molecule has 0 saturated heterocycles. The van der Waals surface area contributed by atoms with Crippen LogP contribution in [0.25, 0.3) is 156 Å². The third-order valence-electron chi connectivity index (χ3n) is 20.3. The molecule has 0 saturated carbocycles. The number of hydrogen-bond acceptors (Lipinski definition) is 29. The van der Waals surface area contributed by atoms with Crippen molar-refractivity contribution in [1.82, 2.24) is 134 Å². The molecule has 14 aromatic heterocycles. The number of fused-ring (bicyclic) bond motifs is 9. The molecule has 118 heavy (non-hydrogen) atoms. The Morgan fingerprint density at radius 2 is 0.712 bits per heavy atom. The largest absolute Gasteiger partial charge is 0.504 e. The molecule has 1 aliphatic rings. The fourth-order valence-electron chi connectivity index (χ4n) is 14.1. The van der Waals surface area contributed by atoms with Crippen LogP contribution in [0, 0.1) is 27.7 Å². The van der Waals surface area contributed by atoms with E-state index in [4.69, 9.17) is 44.9 Å². The summed E-state index contributed by atoms with van der Waals surface area (Å²) in [5, 5.41) is 59.9. The summed E-state index contributed by atoms with van der Waals surface area (Å²) in [5.41, 5.74) is 64.5. The van der Waals surface area contributed by atoms with Gasteiger partial charge in [-0.25, -0.2) is 87.9 Å². The smallest absolute Gasteiger partial charge is 0.163 e. The number of aromatic nitrogens is 27. The molecule has 0 fully saturated rings. The second-order valence-electron chi connectivity index (χ2n) is 27.9. The van der Waals surface area contributed by atoms with E-state index in [-0.39, 0.29) is 11.5 Å². The molecule has 0 unspecified atom stereocenters. The van der Waals surface area contributed by atoms with Gasteiger partial charge in [0.1, 0.15) is 113 Å². The molecular weight excluding hydrogens is 1500 g/mol. The first-order chi connectivity index (χ1) is 56.8. The molecule has 0 atom stereocenters. The van der Waals surface area contributed by atoms with Crippen molar-refractivity contribution in [2.75, 3.05) is 46.7 Å². The quantitative estimate of drug-likeness (QED) is 0.0544. The Morgan fingerprint density at radius 1 is 0.347 bits per heavy atom. The molecule has 0 amide bonds. The van der Waals surface area contributed by atoms with Crippen LogP contribution in [0.4, 0.5) is 40.6 Å². The Bertz CT molecular complexity index is 7130. The number of nitrogens with one attached hydrogen (secondary N) is 2. The Morgan fingerprint density at radius 3 is 1.14 bits per heavy atom. The summed E-state index contributed by atoms with van der Waals surface area (Å²) in [5.74, 6) is 3.11. The van der Waals surface area contributed by atoms with Crippen molar-refractivity contribution in [2.24, 2.45) is 42.3 Å². The van der Waals surface area contributed by atoms with E-state index in [0.29, 0.717) is 68.5 Å². The lowest BCUT2D eigenvalue weighted by atomic mass is 10.0. The van der Waals surface area contributed by atoms with Gasteiger partial charge in [-0.2, -0.15) is 35.7 Å². The Hall–Kier alpha value is -16.4. The van der Waals surface area contributed by atoms with Crippen LogP contribution >= 0.6 is 0 Å². The molecule has 37 nitrogen and oxygen atoms in total. The maximum atomic E-state index is 9.56. The summed E-state index contributed by atoms with van der Waals surface area (Å²) in [6.45, 7) is 9.00. The van der Waals surface area contributed by atoms with Crippen molar-refractivity contribution in [3.8, 4) is 84.8 Å². The zero-order valence-electron chi connectivity index (χ0n) is 65.4. The highest BCUT2D eigenvalue weighted by atomic mass is 16.5. The minimum atomic E-state index is -0.216. The van der Waals surface area contributed by atoms with Gasteiger partial charge in [0, 0.05) is 116 Å². The summed E-state index contributed by atoms with van der Waals surface area (Å²) in [4.78, 5) is 52.8. The van der Waals surface area contributed by atoms with E-state index in [1.54, 1.807) is 41.2 Å². The maximum Gasteiger partial charge on any atom is 0.163 e. The summed E-state index contributed by atoms with van der Waals surface area (Å²) >= 11 is 0. The zero-order chi connectivity index (χ0) is 82.6. The SMILES string of the molecule is Cc1[nH]nc2ccc(-c3nn(C)c4ncnc(N)c34)cc12.Cc1c[nH]c2cc(-c3nn(C)c4ncnc(N)c34)ccc12.Cc1ccc(-c2nn(C)c3ncnc(N)c23)cc1C.Cn1nc(-c2ccc(N)cc2)c2c(N)ncnc21.Cn1nc(-c2ccc(O)c(O)c2)c2c(N)ncnc21.Cn1nc(-c2ccc3c(c2)CCO3)c2c(N)ncnc21. The predicted octanol–water partition coefficient (Wildman–Crippen LogP) is 10.2. The number of phenolic OH excluding ortho intramolecular Hbond substituents is 2. The van der Waals surface area contributed by atoms with Crippen LogP contribution in [0.2, 0.25) is 0 Å². The van der Waals surface area contributed by atoms with Crippen molar-refractivity contribution in [3.63, 3.8) is 0 Å². The molecule has 6 aromatic carbocycles. The van der Waals surface area contributed by atoms with Gasteiger partial charge in [0.05, 0.1) is 44.4 Å². The number of aryl methyl sites for hydroxylation is 10. The van der Waals surface area contributed by atoms with Crippen molar-refractivity contribution >= 4 is 129 Å². The number of benzene rings is 6. The molecule has 0 radical (unpaired) electrons. The third-order valence-corrected chi connectivity index (χ3v) is 20.3. The second kappa shape index (κ2) is 30.6. The molecule has 37 heteroatoms. The standard InChI is InChI=1S/C15H14N6.C14H13N7.C14H13N5O.C14H15N5.C12H12N6.C12H11N5O2/c1-8-6-17-11-5-9(3-4-10(8)11)13-12-14(16)18-7-19-15(12)21(2)20-13;1-7-9-5-8(3-4-10(9)19-18-7)12-11-13(15)16-6-17-14(11)21(2)20-12;1-19-14-11(13(15)16-7-17-14)12(18-19)9-2-3-10-8(6-9)4-5-20-10;1-8-4-5-10(6-9(8)2)12-11-13(15)16-7-17-14(11)19(3)18-12;1-18-12-9(11(14)15-6-16-12)10(17-18)7-2-4-8(13)5-3-7;1-17-12-9(11(13)14-5-15-12)10(16-17)6-2-3-7(18)8(19)4-6/h3-7,17H,1-2H3,(H2,16,18,19);3-6H,1-2H3,(H,18,19)(H2,15,16,17);2-3,6-7H,4-5H2,1H3,(H2,15,16,17);4-7H,1-3H3,(H2,15,16,17);2-6H,13H2,1H3,(H2,14,15,16);2-5,18-19H,1H3,(H2,13,14,15). The van der Waals surface area contributed by atoms with E-state index in [1.165, 1.54) is 77.7 Å². The number of ether oxygens (including phenoxy) is 1. The lowest BCUT2D eigenvalue weighted by Gasteiger charge is -2.03.